The second-order valence-electron chi connectivity index (χ2n) is 7.08. The molecule has 10 heteroatoms. The number of piperidine rings is 1. The maximum absolute atomic E-state index is 13.0. The SMILES string of the molecule is CSc1ccc(S(=O)(=O)Nc2cc([N+](=O)[O-])ccc2C)cc1C(=O)N1CCCCC1. The fourth-order valence-corrected chi connectivity index (χ4v) is 5.04. The van der Waals surface area contributed by atoms with Gasteiger partial charge in [-0.1, -0.05) is 6.07 Å². The molecule has 30 heavy (non-hydrogen) atoms. The first-order valence-electron chi connectivity index (χ1n) is 9.48. The van der Waals surface area contributed by atoms with Crippen LogP contribution >= 0.6 is 11.8 Å². The number of thioether (sulfide) groups is 1. The molecule has 2 aromatic carbocycles. The van der Waals surface area contributed by atoms with Gasteiger partial charge in [-0.15, -0.1) is 11.8 Å². The molecule has 1 aliphatic heterocycles. The summed E-state index contributed by atoms with van der Waals surface area (Å²) >= 11 is 1.38. The van der Waals surface area contributed by atoms with Crippen molar-refractivity contribution in [3.8, 4) is 0 Å². The number of nitrogens with zero attached hydrogens (tertiary/aromatic N) is 2. The fraction of sp³-hybridized carbons (Fsp3) is 0.350. The monoisotopic (exact) mass is 449 g/mol. The van der Waals surface area contributed by atoms with Gasteiger partial charge in [0.15, 0.2) is 0 Å². The number of non-ortho nitro benzene ring substituents is 1. The van der Waals surface area contributed by atoms with Crippen molar-refractivity contribution in [1.82, 2.24) is 4.90 Å². The molecule has 2 aromatic rings. The topological polar surface area (TPSA) is 110 Å². The first-order valence-corrected chi connectivity index (χ1v) is 12.2. The number of sulfonamides is 1. The first-order chi connectivity index (χ1) is 14.2. The van der Waals surface area contributed by atoms with E-state index in [4.69, 9.17) is 0 Å². The number of likely N-dealkylation sites (tertiary alicyclic amines) is 1. The van der Waals surface area contributed by atoms with Gasteiger partial charge in [0.05, 0.1) is 21.1 Å². The van der Waals surface area contributed by atoms with E-state index in [2.05, 4.69) is 4.72 Å². The van der Waals surface area contributed by atoms with Crippen molar-refractivity contribution in [2.45, 2.75) is 36.0 Å². The van der Waals surface area contributed by atoms with Crippen LogP contribution in [0, 0.1) is 17.0 Å². The summed E-state index contributed by atoms with van der Waals surface area (Å²) in [6.45, 7) is 2.98. The molecule has 0 aliphatic carbocycles. The average molecular weight is 450 g/mol. The van der Waals surface area contributed by atoms with E-state index < -0.39 is 14.9 Å². The van der Waals surface area contributed by atoms with Gasteiger partial charge in [-0.2, -0.15) is 0 Å². The van der Waals surface area contributed by atoms with Crippen LogP contribution in [-0.4, -0.2) is 43.5 Å². The molecule has 0 unspecified atom stereocenters. The van der Waals surface area contributed by atoms with E-state index in [-0.39, 0.29) is 22.2 Å². The highest BCUT2D eigenvalue weighted by molar-refractivity contribution is 7.98. The fourth-order valence-electron chi connectivity index (χ4n) is 3.33. The molecule has 0 saturated carbocycles. The summed E-state index contributed by atoms with van der Waals surface area (Å²) in [6, 6.07) is 8.43. The van der Waals surface area contributed by atoms with Gasteiger partial charge in [0.25, 0.3) is 21.6 Å². The summed E-state index contributed by atoms with van der Waals surface area (Å²) in [5.41, 5.74) is 0.816. The van der Waals surface area contributed by atoms with E-state index in [1.54, 1.807) is 17.9 Å². The third-order valence-corrected chi connectivity index (χ3v) is 7.19. The smallest absolute Gasteiger partial charge is 0.271 e. The highest BCUT2D eigenvalue weighted by Gasteiger charge is 2.24. The molecule has 160 valence electrons. The van der Waals surface area contributed by atoms with Gasteiger partial charge in [0.1, 0.15) is 0 Å². The van der Waals surface area contributed by atoms with Crippen LogP contribution in [0.25, 0.3) is 0 Å². The molecule has 1 saturated heterocycles. The molecule has 0 spiro atoms. The predicted octanol–water partition coefficient (Wildman–Crippen LogP) is 4.05. The van der Waals surface area contributed by atoms with E-state index >= 15 is 0 Å². The lowest BCUT2D eigenvalue weighted by molar-refractivity contribution is -0.384. The number of benzene rings is 2. The highest BCUT2D eigenvalue weighted by atomic mass is 32.2. The number of nitro groups is 1. The quantitative estimate of drug-likeness (QED) is 0.405. The zero-order valence-corrected chi connectivity index (χ0v) is 18.4. The molecule has 1 fully saturated rings. The van der Waals surface area contributed by atoms with E-state index in [1.807, 2.05) is 6.26 Å². The summed E-state index contributed by atoms with van der Waals surface area (Å²) in [6.07, 6.45) is 4.79. The van der Waals surface area contributed by atoms with E-state index in [9.17, 15) is 23.3 Å². The lowest BCUT2D eigenvalue weighted by Gasteiger charge is -2.27. The van der Waals surface area contributed by atoms with Crippen molar-refractivity contribution >= 4 is 39.1 Å². The number of carbonyl (C=O) groups excluding carboxylic acids is 1. The van der Waals surface area contributed by atoms with E-state index in [1.165, 1.54) is 42.1 Å². The molecule has 8 nitrogen and oxygen atoms in total. The Hall–Kier alpha value is -2.59. The van der Waals surface area contributed by atoms with Crippen LogP contribution in [0.1, 0.15) is 35.2 Å². The third-order valence-electron chi connectivity index (χ3n) is 5.03. The van der Waals surface area contributed by atoms with Crippen molar-refractivity contribution in [3.63, 3.8) is 0 Å². The maximum Gasteiger partial charge on any atom is 0.271 e. The standard InChI is InChI=1S/C20H23N3O5S2/c1-14-6-7-15(23(25)26)12-18(14)21-30(27,28)16-8-9-19(29-2)17(13-16)20(24)22-10-4-3-5-11-22/h6-9,12-13,21H,3-5,10-11H2,1-2H3. The molecule has 1 amide bonds. The number of rotatable bonds is 6. The van der Waals surface area contributed by atoms with Gasteiger partial charge in [0, 0.05) is 30.1 Å². The number of nitrogens with one attached hydrogen (secondary N) is 1. The number of carbonyl (C=O) groups is 1. The summed E-state index contributed by atoms with van der Waals surface area (Å²) in [7, 11) is -4.04. The Labute approximate surface area is 179 Å². The Morgan fingerprint density at radius 1 is 1.13 bits per heavy atom. The second-order valence-corrected chi connectivity index (χ2v) is 9.61. The Kier molecular flexibility index (Phi) is 6.67. The van der Waals surface area contributed by atoms with Gasteiger partial charge in [0.2, 0.25) is 0 Å². The zero-order valence-electron chi connectivity index (χ0n) is 16.8. The predicted molar refractivity (Wildman–Crippen MR) is 117 cm³/mol. The molecule has 1 aliphatic rings. The lowest BCUT2D eigenvalue weighted by Crippen LogP contribution is -2.36. The van der Waals surface area contributed by atoms with Crippen LogP contribution in [-0.2, 0) is 10.0 Å². The molecular weight excluding hydrogens is 426 g/mol. The van der Waals surface area contributed by atoms with Gasteiger partial charge in [-0.25, -0.2) is 8.42 Å². The van der Waals surface area contributed by atoms with Crippen molar-refractivity contribution in [3.05, 3.63) is 57.6 Å². The third kappa shape index (κ3) is 4.76. The molecule has 3 rings (SSSR count). The normalized spacial score (nSPS) is 14.4. The summed E-state index contributed by atoms with van der Waals surface area (Å²) in [4.78, 5) is 25.9. The van der Waals surface area contributed by atoms with Crippen molar-refractivity contribution in [1.29, 1.82) is 0 Å². The van der Waals surface area contributed by atoms with Crippen molar-refractivity contribution in [2.24, 2.45) is 0 Å². The summed E-state index contributed by atoms with van der Waals surface area (Å²) in [5, 5.41) is 11.0. The number of aryl methyl sites for hydroxylation is 1. The Morgan fingerprint density at radius 2 is 1.83 bits per heavy atom. The van der Waals surface area contributed by atoms with Gasteiger partial charge < -0.3 is 4.90 Å². The summed E-state index contributed by atoms with van der Waals surface area (Å²) in [5.74, 6) is -0.178. The number of anilines is 1. The molecule has 0 atom stereocenters. The van der Waals surface area contributed by atoms with Crippen LogP contribution < -0.4 is 4.72 Å². The number of nitro benzene ring substituents is 1. The largest absolute Gasteiger partial charge is 0.339 e. The zero-order chi connectivity index (χ0) is 21.9. The van der Waals surface area contributed by atoms with Gasteiger partial charge in [-0.05, 0) is 56.2 Å². The van der Waals surface area contributed by atoms with Crippen LogP contribution in [0.4, 0.5) is 11.4 Å². The Morgan fingerprint density at radius 3 is 2.47 bits per heavy atom. The van der Waals surface area contributed by atoms with Crippen molar-refractivity contribution < 1.29 is 18.1 Å². The molecule has 1 N–H and O–H groups in total. The van der Waals surface area contributed by atoms with Gasteiger partial charge >= 0.3 is 0 Å². The van der Waals surface area contributed by atoms with Crippen LogP contribution in [0.2, 0.25) is 0 Å². The van der Waals surface area contributed by atoms with E-state index in [0.717, 1.165) is 19.3 Å². The number of hydrogen-bond donors (Lipinski definition) is 1. The van der Waals surface area contributed by atoms with Crippen LogP contribution in [0.3, 0.4) is 0 Å². The first kappa shape index (κ1) is 22.1. The van der Waals surface area contributed by atoms with Crippen molar-refractivity contribution in [2.75, 3.05) is 24.1 Å². The molecular formula is C20H23N3O5S2. The van der Waals surface area contributed by atoms with Gasteiger partial charge in [-0.3, -0.25) is 19.6 Å². The maximum atomic E-state index is 13.0. The molecule has 0 aromatic heterocycles. The lowest BCUT2D eigenvalue weighted by atomic mass is 10.1. The minimum absolute atomic E-state index is 0.0634. The molecule has 0 radical (unpaired) electrons. The summed E-state index contributed by atoms with van der Waals surface area (Å²) < 4.78 is 28.4. The Balaban J connectivity index is 1.95. The van der Waals surface area contributed by atoms with Crippen LogP contribution in [0.5, 0.6) is 0 Å². The van der Waals surface area contributed by atoms with Crippen LogP contribution in [0.15, 0.2) is 46.2 Å². The second kappa shape index (κ2) is 9.05. The average Bonchev–Trinajstić information content (AvgIpc) is 2.74. The minimum atomic E-state index is -4.04. The Bertz CT molecular complexity index is 1080. The highest BCUT2D eigenvalue weighted by Crippen LogP contribution is 2.29. The molecule has 1 heterocycles. The number of amides is 1. The minimum Gasteiger partial charge on any atom is -0.339 e. The van der Waals surface area contributed by atoms with E-state index in [0.29, 0.717) is 29.1 Å². The molecule has 0 bridgehead atoms. The number of hydrogen-bond acceptors (Lipinski definition) is 6.